The van der Waals surface area contributed by atoms with Crippen molar-refractivity contribution in [2.75, 3.05) is 10.6 Å². The number of nitrogens with one attached hydrogen (secondary N) is 2. The third kappa shape index (κ3) is 4.03. The summed E-state index contributed by atoms with van der Waals surface area (Å²) in [7, 11) is 0. The van der Waals surface area contributed by atoms with Crippen molar-refractivity contribution in [2.45, 2.75) is 0 Å². The van der Waals surface area contributed by atoms with Crippen molar-refractivity contribution in [3.05, 3.63) is 58.1 Å². The Morgan fingerprint density at radius 3 is 2.05 bits per heavy atom. The highest BCUT2D eigenvalue weighted by molar-refractivity contribution is 7.80. The van der Waals surface area contributed by atoms with Crippen molar-refractivity contribution in [3.8, 4) is 0 Å². The fraction of sp³-hybridized carbons (Fsp3) is 0. The first-order valence-electron chi connectivity index (χ1n) is 5.43. The molecule has 20 heavy (non-hydrogen) atoms. The van der Waals surface area contributed by atoms with E-state index in [-0.39, 0.29) is 10.8 Å². The first-order chi connectivity index (χ1) is 9.44. The molecule has 2 N–H and O–H groups in total. The third-order valence-electron chi connectivity index (χ3n) is 2.30. The van der Waals surface area contributed by atoms with Gasteiger partial charge < -0.3 is 10.6 Å². The molecule has 0 aliphatic rings. The molecule has 0 aliphatic carbocycles. The van der Waals surface area contributed by atoms with Crippen LogP contribution in [0.2, 0.25) is 10.0 Å². The van der Waals surface area contributed by atoms with Crippen molar-refractivity contribution >= 4 is 51.9 Å². The van der Waals surface area contributed by atoms with E-state index in [1.54, 1.807) is 18.2 Å². The molecule has 2 nitrogen and oxygen atoms in total. The van der Waals surface area contributed by atoms with E-state index < -0.39 is 11.6 Å². The molecular formula is C13H8Cl2F2N2S. The molecule has 2 aromatic rings. The summed E-state index contributed by atoms with van der Waals surface area (Å²) in [6.07, 6.45) is 0. The fourth-order valence-corrected chi connectivity index (χ4v) is 2.03. The zero-order valence-corrected chi connectivity index (χ0v) is 12.2. The summed E-state index contributed by atoms with van der Waals surface area (Å²) in [5, 5.41) is 6.47. The number of thiocarbonyl (C=S) groups is 1. The molecule has 0 bridgehead atoms. The molecule has 0 fully saturated rings. The Kier molecular flexibility index (Phi) is 4.75. The largest absolute Gasteiger partial charge is 0.332 e. The quantitative estimate of drug-likeness (QED) is 0.750. The van der Waals surface area contributed by atoms with Crippen LogP contribution in [0, 0.1) is 11.6 Å². The predicted octanol–water partition coefficient (Wildman–Crippen LogP) is 5.08. The van der Waals surface area contributed by atoms with Crippen LogP contribution >= 0.6 is 35.4 Å². The van der Waals surface area contributed by atoms with Gasteiger partial charge in [0.2, 0.25) is 0 Å². The smallest absolute Gasteiger partial charge is 0.175 e. The van der Waals surface area contributed by atoms with Gasteiger partial charge in [-0.2, -0.15) is 0 Å². The molecule has 0 atom stereocenters. The first kappa shape index (κ1) is 15.0. The van der Waals surface area contributed by atoms with Crippen LogP contribution in [0.5, 0.6) is 0 Å². The summed E-state index contributed by atoms with van der Waals surface area (Å²) in [5.74, 6) is -1.38. The first-order valence-corrected chi connectivity index (χ1v) is 6.59. The molecular weight excluding hydrogens is 325 g/mol. The molecule has 0 amide bonds. The summed E-state index contributed by atoms with van der Waals surface area (Å²) in [6, 6.07) is 7.91. The van der Waals surface area contributed by atoms with Crippen LogP contribution in [0.3, 0.4) is 0 Å². The highest BCUT2D eigenvalue weighted by Crippen LogP contribution is 2.25. The number of hydrogen-bond donors (Lipinski definition) is 2. The Morgan fingerprint density at radius 2 is 1.45 bits per heavy atom. The van der Waals surface area contributed by atoms with Crippen molar-refractivity contribution in [2.24, 2.45) is 0 Å². The van der Waals surface area contributed by atoms with Gasteiger partial charge in [0.05, 0.1) is 10.0 Å². The minimum absolute atomic E-state index is 0.174. The van der Waals surface area contributed by atoms with Gasteiger partial charge >= 0.3 is 0 Å². The summed E-state index contributed by atoms with van der Waals surface area (Å²) >= 11 is 16.7. The van der Waals surface area contributed by atoms with Crippen LogP contribution in [-0.2, 0) is 0 Å². The van der Waals surface area contributed by atoms with Crippen LogP contribution < -0.4 is 10.6 Å². The standard InChI is InChI=1S/C13H8Cl2F2N2S/c14-11-2-1-9(6-12(11)15)18-13(20)19-10-4-7(16)3-8(17)5-10/h1-6H,(H2,18,19,20). The molecule has 0 heterocycles. The van der Waals surface area contributed by atoms with E-state index in [1.807, 2.05) is 0 Å². The molecule has 2 aromatic carbocycles. The maximum absolute atomic E-state index is 13.0. The topological polar surface area (TPSA) is 24.1 Å². The maximum atomic E-state index is 13.0. The van der Waals surface area contributed by atoms with Crippen molar-refractivity contribution in [3.63, 3.8) is 0 Å². The Morgan fingerprint density at radius 1 is 0.850 bits per heavy atom. The molecule has 104 valence electrons. The highest BCUT2D eigenvalue weighted by Gasteiger charge is 2.04. The SMILES string of the molecule is Fc1cc(F)cc(NC(=S)Nc2ccc(Cl)c(Cl)c2)c1. The normalized spacial score (nSPS) is 10.2. The van der Waals surface area contributed by atoms with Crippen LogP contribution in [0.25, 0.3) is 0 Å². The van der Waals surface area contributed by atoms with Gasteiger partial charge in [-0.05, 0) is 42.5 Å². The molecule has 2 rings (SSSR count). The van der Waals surface area contributed by atoms with Crippen LogP contribution in [0.1, 0.15) is 0 Å². The second kappa shape index (κ2) is 6.35. The van der Waals surface area contributed by atoms with E-state index in [2.05, 4.69) is 10.6 Å². The van der Waals surface area contributed by atoms with Gasteiger partial charge in [0.25, 0.3) is 0 Å². The van der Waals surface area contributed by atoms with Crippen molar-refractivity contribution in [1.82, 2.24) is 0 Å². The number of anilines is 2. The second-order valence-electron chi connectivity index (χ2n) is 3.87. The summed E-state index contributed by atoms with van der Waals surface area (Å²) < 4.78 is 26.1. The predicted molar refractivity (Wildman–Crippen MR) is 82.7 cm³/mol. The molecule has 0 spiro atoms. The van der Waals surface area contributed by atoms with E-state index in [1.165, 1.54) is 0 Å². The average molecular weight is 333 g/mol. The summed E-state index contributed by atoms with van der Waals surface area (Å²) in [6.45, 7) is 0. The number of halogens is 4. The van der Waals surface area contributed by atoms with Crippen molar-refractivity contribution < 1.29 is 8.78 Å². The molecule has 0 radical (unpaired) electrons. The molecule has 0 aromatic heterocycles. The average Bonchev–Trinajstić information content (AvgIpc) is 2.32. The van der Waals surface area contributed by atoms with Crippen LogP contribution in [-0.4, -0.2) is 5.11 Å². The zero-order chi connectivity index (χ0) is 14.7. The zero-order valence-electron chi connectivity index (χ0n) is 9.88. The van der Waals surface area contributed by atoms with Crippen LogP contribution in [0.15, 0.2) is 36.4 Å². The third-order valence-corrected chi connectivity index (χ3v) is 3.24. The lowest BCUT2D eigenvalue weighted by Crippen LogP contribution is -2.19. The Labute approximate surface area is 129 Å². The Bertz CT molecular complexity index is 645. The number of benzene rings is 2. The lowest BCUT2D eigenvalue weighted by atomic mass is 10.3. The minimum atomic E-state index is -0.690. The summed E-state index contributed by atoms with van der Waals surface area (Å²) in [5.41, 5.74) is 0.814. The monoisotopic (exact) mass is 332 g/mol. The van der Waals surface area contributed by atoms with Gasteiger partial charge in [-0.15, -0.1) is 0 Å². The van der Waals surface area contributed by atoms with Crippen LogP contribution in [0.4, 0.5) is 20.2 Å². The lowest BCUT2D eigenvalue weighted by Gasteiger charge is -2.11. The maximum Gasteiger partial charge on any atom is 0.175 e. The molecule has 7 heteroatoms. The van der Waals surface area contributed by atoms with Gasteiger partial charge in [-0.1, -0.05) is 23.2 Å². The lowest BCUT2D eigenvalue weighted by molar-refractivity contribution is 0.584. The molecule has 0 aliphatic heterocycles. The van der Waals surface area contributed by atoms with Gasteiger partial charge in [0.1, 0.15) is 11.6 Å². The van der Waals surface area contributed by atoms with Gasteiger partial charge in [0, 0.05) is 17.4 Å². The Balaban J connectivity index is 2.06. The highest BCUT2D eigenvalue weighted by atomic mass is 35.5. The van der Waals surface area contributed by atoms with Gasteiger partial charge in [-0.25, -0.2) is 8.78 Å². The van der Waals surface area contributed by atoms with Crippen molar-refractivity contribution in [1.29, 1.82) is 0 Å². The molecule has 0 saturated heterocycles. The molecule has 0 saturated carbocycles. The summed E-state index contributed by atoms with van der Waals surface area (Å²) in [4.78, 5) is 0. The molecule has 0 unspecified atom stereocenters. The van der Waals surface area contributed by atoms with E-state index in [4.69, 9.17) is 35.4 Å². The number of rotatable bonds is 2. The van der Waals surface area contributed by atoms with E-state index >= 15 is 0 Å². The minimum Gasteiger partial charge on any atom is -0.332 e. The van der Waals surface area contributed by atoms with Gasteiger partial charge in [0.15, 0.2) is 5.11 Å². The van der Waals surface area contributed by atoms with Gasteiger partial charge in [-0.3, -0.25) is 0 Å². The van der Waals surface area contributed by atoms with E-state index in [0.29, 0.717) is 15.7 Å². The Hall–Kier alpha value is -1.43. The fourth-order valence-electron chi connectivity index (χ4n) is 1.49. The van der Waals surface area contributed by atoms with E-state index in [0.717, 1.165) is 18.2 Å². The number of hydrogen-bond acceptors (Lipinski definition) is 1. The second-order valence-corrected chi connectivity index (χ2v) is 5.09. The van der Waals surface area contributed by atoms with E-state index in [9.17, 15) is 8.78 Å².